The van der Waals surface area contributed by atoms with Crippen molar-refractivity contribution >= 4 is 39.1 Å². The molecule has 0 radical (unpaired) electrons. The Labute approximate surface area is 137 Å². The molecule has 6 heteroatoms. The van der Waals surface area contributed by atoms with E-state index in [9.17, 15) is 9.90 Å². The van der Waals surface area contributed by atoms with Gasteiger partial charge in [0.05, 0.1) is 23.4 Å². The van der Waals surface area contributed by atoms with Gasteiger partial charge in [-0.25, -0.2) is 0 Å². The number of piperidine rings is 1. The van der Waals surface area contributed by atoms with Gasteiger partial charge in [0.1, 0.15) is 0 Å². The van der Waals surface area contributed by atoms with Crippen LogP contribution in [0.5, 0.6) is 0 Å². The fourth-order valence-electron chi connectivity index (χ4n) is 3.45. The molecule has 3 rings (SSSR count). The van der Waals surface area contributed by atoms with Gasteiger partial charge in [0.15, 0.2) is 0 Å². The van der Waals surface area contributed by atoms with E-state index in [0.29, 0.717) is 29.3 Å². The van der Waals surface area contributed by atoms with E-state index in [0.717, 1.165) is 30.2 Å². The molecule has 0 aromatic heterocycles. The first-order valence-electron chi connectivity index (χ1n) is 7.21. The van der Waals surface area contributed by atoms with Crippen LogP contribution in [0.25, 0.3) is 0 Å². The first kappa shape index (κ1) is 15.3. The molecule has 1 amide bonds. The fraction of sp³-hybridized carbons (Fsp3) is 0.533. The van der Waals surface area contributed by atoms with Crippen LogP contribution in [0.1, 0.15) is 25.7 Å². The molecule has 2 bridgehead atoms. The third kappa shape index (κ3) is 3.42. The van der Waals surface area contributed by atoms with Crippen LogP contribution in [-0.2, 0) is 4.79 Å². The second kappa shape index (κ2) is 6.24. The number of rotatable bonds is 3. The van der Waals surface area contributed by atoms with Gasteiger partial charge in [0.2, 0.25) is 5.91 Å². The maximum absolute atomic E-state index is 12.2. The van der Waals surface area contributed by atoms with Gasteiger partial charge in [-0.05, 0) is 43.9 Å². The summed E-state index contributed by atoms with van der Waals surface area (Å²) < 4.78 is 0.883. The number of aliphatic hydroxyl groups excluding tert-OH is 1. The maximum atomic E-state index is 12.2. The van der Waals surface area contributed by atoms with Crippen molar-refractivity contribution < 1.29 is 9.90 Å². The Morgan fingerprint density at radius 2 is 2.05 bits per heavy atom. The first-order valence-corrected chi connectivity index (χ1v) is 8.38. The Hall–Kier alpha value is -0.620. The highest BCUT2D eigenvalue weighted by Crippen LogP contribution is 2.35. The van der Waals surface area contributed by atoms with Crippen molar-refractivity contribution in [2.75, 3.05) is 11.9 Å². The van der Waals surface area contributed by atoms with Gasteiger partial charge in [0, 0.05) is 16.6 Å². The summed E-state index contributed by atoms with van der Waals surface area (Å²) in [6.07, 6.45) is 3.51. The van der Waals surface area contributed by atoms with Crippen LogP contribution >= 0.6 is 27.5 Å². The Bertz CT molecular complexity index is 540. The Morgan fingerprint density at radius 3 is 2.67 bits per heavy atom. The molecule has 2 heterocycles. The number of hydrogen-bond donors (Lipinski definition) is 2. The van der Waals surface area contributed by atoms with E-state index in [1.165, 1.54) is 0 Å². The number of carbonyl (C=O) groups excluding carboxylic acids is 1. The minimum atomic E-state index is -0.206. The first-order chi connectivity index (χ1) is 10.0. The molecule has 2 aliphatic heterocycles. The monoisotopic (exact) mass is 372 g/mol. The van der Waals surface area contributed by atoms with Gasteiger partial charge in [0.25, 0.3) is 0 Å². The highest BCUT2D eigenvalue weighted by Gasteiger charge is 2.40. The molecule has 114 valence electrons. The molecule has 2 aliphatic rings. The van der Waals surface area contributed by atoms with Crippen molar-refractivity contribution in [3.8, 4) is 0 Å². The number of carbonyl (C=O) groups is 1. The number of amides is 1. The lowest BCUT2D eigenvalue weighted by Crippen LogP contribution is -2.47. The highest BCUT2D eigenvalue weighted by atomic mass is 79.9. The zero-order valence-corrected chi connectivity index (χ0v) is 13.9. The van der Waals surface area contributed by atoms with Crippen LogP contribution in [0, 0.1) is 0 Å². The van der Waals surface area contributed by atoms with Gasteiger partial charge in [-0.3, -0.25) is 9.69 Å². The predicted molar refractivity (Wildman–Crippen MR) is 86.5 cm³/mol. The quantitative estimate of drug-likeness (QED) is 0.856. The summed E-state index contributed by atoms with van der Waals surface area (Å²) in [4.78, 5) is 14.5. The number of nitrogens with one attached hydrogen (secondary N) is 1. The Balaban J connectivity index is 1.62. The lowest BCUT2D eigenvalue weighted by molar-refractivity contribution is -0.119. The zero-order chi connectivity index (χ0) is 15.0. The summed E-state index contributed by atoms with van der Waals surface area (Å²) in [5.41, 5.74) is 0.634. The molecular weight excluding hydrogens is 356 g/mol. The van der Waals surface area contributed by atoms with Crippen LogP contribution in [0.2, 0.25) is 5.02 Å². The molecule has 21 heavy (non-hydrogen) atoms. The number of benzene rings is 1. The molecule has 2 fully saturated rings. The molecule has 4 nitrogen and oxygen atoms in total. The van der Waals surface area contributed by atoms with Crippen LogP contribution in [-0.4, -0.2) is 40.6 Å². The summed E-state index contributed by atoms with van der Waals surface area (Å²) in [6.45, 7) is 0.369. The average molecular weight is 374 g/mol. The molecule has 2 atom stereocenters. The van der Waals surface area contributed by atoms with Crippen molar-refractivity contribution in [2.45, 2.75) is 43.9 Å². The molecule has 0 aliphatic carbocycles. The predicted octanol–water partition coefficient (Wildman–Crippen LogP) is 3.03. The summed E-state index contributed by atoms with van der Waals surface area (Å²) in [5.74, 6) is -0.0486. The van der Waals surface area contributed by atoms with Crippen molar-refractivity contribution in [3.05, 3.63) is 27.7 Å². The van der Waals surface area contributed by atoms with Crippen LogP contribution in [0.3, 0.4) is 0 Å². The van der Waals surface area contributed by atoms with E-state index < -0.39 is 0 Å². The molecule has 2 saturated heterocycles. The second-order valence-corrected chi connectivity index (χ2v) is 7.18. The molecule has 2 unspecified atom stereocenters. The van der Waals surface area contributed by atoms with Crippen molar-refractivity contribution in [2.24, 2.45) is 0 Å². The second-order valence-electron chi connectivity index (χ2n) is 5.85. The number of halogens is 2. The van der Waals surface area contributed by atoms with Gasteiger partial charge < -0.3 is 10.4 Å². The number of anilines is 1. The van der Waals surface area contributed by atoms with E-state index in [2.05, 4.69) is 26.1 Å². The lowest BCUT2D eigenvalue weighted by Gasteiger charge is -2.36. The maximum Gasteiger partial charge on any atom is 0.238 e. The molecule has 1 aromatic rings. The lowest BCUT2D eigenvalue weighted by atomic mass is 10.00. The van der Waals surface area contributed by atoms with Gasteiger partial charge in [-0.2, -0.15) is 0 Å². The number of hydrogen-bond acceptors (Lipinski definition) is 3. The van der Waals surface area contributed by atoms with E-state index in [1.807, 2.05) is 6.07 Å². The smallest absolute Gasteiger partial charge is 0.238 e. The number of fused-ring (bicyclic) bond motifs is 2. The third-order valence-electron chi connectivity index (χ3n) is 4.39. The normalized spacial score (nSPS) is 28.6. The SMILES string of the molecule is O=C(CN1C2CCC1CC(O)C2)Nc1ccc(Br)cc1Cl. The molecule has 1 aromatic carbocycles. The zero-order valence-electron chi connectivity index (χ0n) is 11.6. The van der Waals surface area contributed by atoms with E-state index in [1.54, 1.807) is 12.1 Å². The summed E-state index contributed by atoms with van der Waals surface area (Å²) in [7, 11) is 0. The summed E-state index contributed by atoms with van der Waals surface area (Å²) in [6, 6.07) is 6.08. The number of nitrogens with zero attached hydrogens (tertiary/aromatic N) is 1. The van der Waals surface area contributed by atoms with Crippen LogP contribution in [0.4, 0.5) is 5.69 Å². The highest BCUT2D eigenvalue weighted by molar-refractivity contribution is 9.10. The van der Waals surface area contributed by atoms with Crippen LogP contribution in [0.15, 0.2) is 22.7 Å². The Morgan fingerprint density at radius 1 is 1.38 bits per heavy atom. The summed E-state index contributed by atoms with van der Waals surface area (Å²) in [5, 5.41) is 13.2. The average Bonchev–Trinajstić information content (AvgIpc) is 2.66. The van der Waals surface area contributed by atoms with E-state index in [4.69, 9.17) is 11.6 Å². The minimum Gasteiger partial charge on any atom is -0.393 e. The molecule has 0 saturated carbocycles. The molecular formula is C15H18BrClN2O2. The standard InChI is InChI=1S/C15H18BrClN2O2/c16-9-1-4-14(13(17)5-9)18-15(21)8-19-10-2-3-11(19)7-12(20)6-10/h1,4-5,10-12,20H,2-3,6-8H2,(H,18,21). The fourth-order valence-corrected chi connectivity index (χ4v) is 4.17. The van der Waals surface area contributed by atoms with Crippen molar-refractivity contribution in [3.63, 3.8) is 0 Å². The van der Waals surface area contributed by atoms with Crippen molar-refractivity contribution in [1.29, 1.82) is 0 Å². The Kier molecular flexibility index (Phi) is 4.54. The van der Waals surface area contributed by atoms with E-state index >= 15 is 0 Å². The van der Waals surface area contributed by atoms with E-state index in [-0.39, 0.29) is 12.0 Å². The van der Waals surface area contributed by atoms with Gasteiger partial charge in [-0.15, -0.1) is 0 Å². The minimum absolute atomic E-state index is 0.0486. The third-order valence-corrected chi connectivity index (χ3v) is 5.20. The van der Waals surface area contributed by atoms with Crippen molar-refractivity contribution in [1.82, 2.24) is 4.90 Å². The van der Waals surface area contributed by atoms with Gasteiger partial charge in [-0.1, -0.05) is 27.5 Å². The molecule has 2 N–H and O–H groups in total. The largest absolute Gasteiger partial charge is 0.393 e. The summed E-state index contributed by atoms with van der Waals surface area (Å²) >= 11 is 9.46. The molecule has 0 spiro atoms. The topological polar surface area (TPSA) is 52.6 Å². The van der Waals surface area contributed by atoms with Crippen LogP contribution < -0.4 is 5.32 Å². The van der Waals surface area contributed by atoms with Gasteiger partial charge >= 0.3 is 0 Å². The number of aliphatic hydroxyl groups is 1.